The summed E-state index contributed by atoms with van der Waals surface area (Å²) < 4.78 is 18.0. The molecule has 1 aromatic carbocycles. The van der Waals surface area contributed by atoms with Crippen molar-refractivity contribution in [3.63, 3.8) is 0 Å². The standard InChI is InChI=1S/C18H15FN2O4S/c1-11-6-9-25-15(11)16(22)20-7-8-21-17(23)14(26-18(21)24)10-12-2-4-13(19)5-3-12/h2-6,9-10H,7-8H2,1H3,(H,20,22)/b14-10+. The fourth-order valence-electron chi connectivity index (χ4n) is 2.37. The molecule has 0 spiro atoms. The number of nitrogens with one attached hydrogen (secondary N) is 1. The summed E-state index contributed by atoms with van der Waals surface area (Å²) in [7, 11) is 0. The second-order valence-corrected chi connectivity index (χ2v) is 6.57. The highest BCUT2D eigenvalue weighted by molar-refractivity contribution is 8.18. The summed E-state index contributed by atoms with van der Waals surface area (Å²) in [6.45, 7) is 1.91. The number of nitrogens with zero attached hydrogens (tertiary/aromatic N) is 1. The van der Waals surface area contributed by atoms with Gasteiger partial charge in [0, 0.05) is 18.7 Å². The van der Waals surface area contributed by atoms with Gasteiger partial charge in [0.2, 0.25) is 0 Å². The minimum Gasteiger partial charge on any atom is -0.459 e. The van der Waals surface area contributed by atoms with Crippen LogP contribution in [0.2, 0.25) is 0 Å². The van der Waals surface area contributed by atoms with Crippen molar-refractivity contribution in [1.29, 1.82) is 0 Å². The van der Waals surface area contributed by atoms with E-state index in [1.807, 2.05) is 0 Å². The molecule has 1 aliphatic heterocycles. The summed E-state index contributed by atoms with van der Waals surface area (Å²) >= 11 is 0.813. The molecule has 26 heavy (non-hydrogen) atoms. The van der Waals surface area contributed by atoms with Gasteiger partial charge >= 0.3 is 0 Å². The molecule has 0 bridgehead atoms. The molecule has 0 atom stereocenters. The minimum atomic E-state index is -0.437. The molecule has 134 valence electrons. The van der Waals surface area contributed by atoms with Crippen LogP contribution >= 0.6 is 11.8 Å². The molecule has 0 radical (unpaired) electrons. The highest BCUT2D eigenvalue weighted by Gasteiger charge is 2.34. The zero-order chi connectivity index (χ0) is 18.7. The molecule has 1 aromatic heterocycles. The molecule has 2 aromatic rings. The molecular weight excluding hydrogens is 359 g/mol. The second-order valence-electron chi connectivity index (χ2n) is 5.57. The predicted molar refractivity (Wildman–Crippen MR) is 94.9 cm³/mol. The molecule has 2 heterocycles. The van der Waals surface area contributed by atoms with E-state index >= 15 is 0 Å². The topological polar surface area (TPSA) is 79.6 Å². The van der Waals surface area contributed by atoms with Gasteiger partial charge in [-0.05, 0) is 48.5 Å². The number of carbonyl (C=O) groups excluding carboxylic acids is 3. The van der Waals surface area contributed by atoms with Gasteiger partial charge in [-0.2, -0.15) is 0 Å². The van der Waals surface area contributed by atoms with Crippen molar-refractivity contribution in [2.75, 3.05) is 13.1 Å². The Morgan fingerprint density at radius 1 is 1.27 bits per heavy atom. The molecule has 8 heteroatoms. The first-order chi connectivity index (χ1) is 12.5. The van der Waals surface area contributed by atoms with E-state index in [1.165, 1.54) is 36.6 Å². The van der Waals surface area contributed by atoms with E-state index in [-0.39, 0.29) is 29.6 Å². The van der Waals surface area contributed by atoms with E-state index in [9.17, 15) is 18.8 Å². The third kappa shape index (κ3) is 3.85. The Kier molecular flexibility index (Phi) is 5.22. The molecule has 6 nitrogen and oxygen atoms in total. The van der Waals surface area contributed by atoms with Crippen molar-refractivity contribution in [1.82, 2.24) is 10.2 Å². The average Bonchev–Trinajstić information content (AvgIpc) is 3.15. The van der Waals surface area contributed by atoms with Crippen LogP contribution in [0.5, 0.6) is 0 Å². The van der Waals surface area contributed by atoms with Crippen LogP contribution in [0.1, 0.15) is 21.7 Å². The maximum atomic E-state index is 12.9. The molecule has 3 amide bonds. The largest absolute Gasteiger partial charge is 0.459 e. The number of furan rings is 1. The van der Waals surface area contributed by atoms with Crippen LogP contribution in [0.15, 0.2) is 45.9 Å². The Balaban J connectivity index is 1.60. The van der Waals surface area contributed by atoms with Crippen molar-refractivity contribution >= 4 is 34.9 Å². The molecule has 1 saturated heterocycles. The lowest BCUT2D eigenvalue weighted by atomic mass is 10.2. The van der Waals surface area contributed by atoms with Gasteiger partial charge in [0.05, 0.1) is 11.2 Å². The third-order valence-electron chi connectivity index (χ3n) is 3.73. The van der Waals surface area contributed by atoms with Crippen LogP contribution in [0.3, 0.4) is 0 Å². The van der Waals surface area contributed by atoms with Crippen molar-refractivity contribution in [2.45, 2.75) is 6.92 Å². The first-order valence-electron chi connectivity index (χ1n) is 7.79. The predicted octanol–water partition coefficient (Wildman–Crippen LogP) is 3.19. The molecule has 0 saturated carbocycles. The van der Waals surface area contributed by atoms with Crippen molar-refractivity contribution in [3.05, 3.63) is 64.2 Å². The fourth-order valence-corrected chi connectivity index (χ4v) is 3.24. The number of halogens is 1. The van der Waals surface area contributed by atoms with Crippen molar-refractivity contribution < 1.29 is 23.2 Å². The summed E-state index contributed by atoms with van der Waals surface area (Å²) in [6.07, 6.45) is 2.95. The van der Waals surface area contributed by atoms with Gasteiger partial charge < -0.3 is 9.73 Å². The van der Waals surface area contributed by atoms with Gasteiger partial charge in [-0.1, -0.05) is 12.1 Å². The van der Waals surface area contributed by atoms with Crippen LogP contribution < -0.4 is 5.32 Å². The number of hydrogen-bond donors (Lipinski definition) is 1. The Hall–Kier alpha value is -2.87. The molecule has 1 aliphatic rings. The lowest BCUT2D eigenvalue weighted by Gasteiger charge is -2.12. The van der Waals surface area contributed by atoms with Gasteiger partial charge in [0.1, 0.15) is 5.82 Å². The number of carbonyl (C=O) groups is 3. The molecule has 1 N–H and O–H groups in total. The molecule has 0 aliphatic carbocycles. The highest BCUT2D eigenvalue weighted by Crippen LogP contribution is 2.31. The summed E-state index contributed by atoms with van der Waals surface area (Å²) in [6, 6.07) is 7.28. The smallest absolute Gasteiger partial charge is 0.293 e. The molecular formula is C18H15FN2O4S. The monoisotopic (exact) mass is 374 g/mol. The number of amides is 3. The Morgan fingerprint density at radius 3 is 2.65 bits per heavy atom. The Morgan fingerprint density at radius 2 is 2.00 bits per heavy atom. The number of benzene rings is 1. The maximum Gasteiger partial charge on any atom is 0.293 e. The van der Waals surface area contributed by atoms with E-state index in [0.29, 0.717) is 11.1 Å². The summed E-state index contributed by atoms with van der Waals surface area (Å²) in [5, 5.41) is 2.21. The van der Waals surface area contributed by atoms with Gasteiger partial charge in [-0.15, -0.1) is 0 Å². The van der Waals surface area contributed by atoms with Crippen molar-refractivity contribution in [3.8, 4) is 0 Å². The van der Waals surface area contributed by atoms with Gasteiger partial charge in [-0.3, -0.25) is 19.3 Å². The van der Waals surface area contributed by atoms with Crippen LogP contribution in [-0.4, -0.2) is 35.0 Å². The van der Waals surface area contributed by atoms with Gasteiger partial charge in [-0.25, -0.2) is 4.39 Å². The average molecular weight is 374 g/mol. The zero-order valence-corrected chi connectivity index (χ0v) is 14.6. The SMILES string of the molecule is Cc1ccoc1C(=O)NCCN1C(=O)S/C(=C/c2ccc(F)cc2)C1=O. The maximum absolute atomic E-state index is 12.9. The van der Waals surface area contributed by atoms with E-state index in [1.54, 1.807) is 13.0 Å². The number of thioether (sulfide) groups is 1. The van der Waals surface area contributed by atoms with E-state index in [4.69, 9.17) is 4.42 Å². The van der Waals surface area contributed by atoms with Gasteiger partial charge in [0.25, 0.3) is 17.1 Å². The number of hydrogen-bond acceptors (Lipinski definition) is 5. The lowest BCUT2D eigenvalue weighted by molar-refractivity contribution is -0.122. The quantitative estimate of drug-likeness (QED) is 0.813. The first kappa shape index (κ1) is 17.9. The second kappa shape index (κ2) is 7.57. The summed E-state index contributed by atoms with van der Waals surface area (Å²) in [4.78, 5) is 37.7. The number of aryl methyl sites for hydroxylation is 1. The van der Waals surface area contributed by atoms with Crippen LogP contribution in [-0.2, 0) is 4.79 Å². The molecule has 1 fully saturated rings. The van der Waals surface area contributed by atoms with Crippen LogP contribution in [0, 0.1) is 12.7 Å². The van der Waals surface area contributed by atoms with E-state index < -0.39 is 17.1 Å². The van der Waals surface area contributed by atoms with Gasteiger partial charge in [0.15, 0.2) is 5.76 Å². The lowest BCUT2D eigenvalue weighted by Crippen LogP contribution is -2.37. The van der Waals surface area contributed by atoms with E-state index in [2.05, 4.69) is 5.32 Å². The fraction of sp³-hybridized carbons (Fsp3) is 0.167. The number of rotatable bonds is 5. The van der Waals surface area contributed by atoms with Crippen LogP contribution in [0.25, 0.3) is 6.08 Å². The highest BCUT2D eigenvalue weighted by atomic mass is 32.2. The van der Waals surface area contributed by atoms with E-state index in [0.717, 1.165) is 16.7 Å². The normalized spacial score (nSPS) is 15.8. The summed E-state index contributed by atoms with van der Waals surface area (Å²) in [5.41, 5.74) is 1.33. The third-order valence-corrected chi connectivity index (χ3v) is 4.64. The Bertz CT molecular complexity index is 889. The molecule has 3 rings (SSSR count). The zero-order valence-electron chi connectivity index (χ0n) is 13.8. The minimum absolute atomic E-state index is 0.0525. The first-order valence-corrected chi connectivity index (χ1v) is 8.60. The molecule has 0 unspecified atom stereocenters. The Labute approximate surface area is 153 Å². The number of imide groups is 1. The van der Waals surface area contributed by atoms with Crippen molar-refractivity contribution in [2.24, 2.45) is 0 Å². The van der Waals surface area contributed by atoms with Crippen LogP contribution in [0.4, 0.5) is 9.18 Å². The summed E-state index contributed by atoms with van der Waals surface area (Å²) in [5.74, 6) is -1.01.